The van der Waals surface area contributed by atoms with E-state index < -0.39 is 5.97 Å². The van der Waals surface area contributed by atoms with Gasteiger partial charge in [0.2, 0.25) is 0 Å². The maximum atomic E-state index is 13.0. The van der Waals surface area contributed by atoms with Crippen molar-refractivity contribution in [2.24, 2.45) is 0 Å². The van der Waals surface area contributed by atoms with Crippen molar-refractivity contribution >= 4 is 35.7 Å². The molecule has 0 spiro atoms. The molecule has 0 atom stereocenters. The molecule has 3 heterocycles. The summed E-state index contributed by atoms with van der Waals surface area (Å²) < 4.78 is 5.37. The van der Waals surface area contributed by atoms with Crippen LogP contribution >= 0.6 is 12.4 Å². The van der Waals surface area contributed by atoms with Crippen LogP contribution in [0.2, 0.25) is 0 Å². The smallest absolute Gasteiger partial charge is 0.345 e. The van der Waals surface area contributed by atoms with Gasteiger partial charge in [-0.25, -0.2) is 14.8 Å². The van der Waals surface area contributed by atoms with E-state index in [1.807, 2.05) is 42.5 Å². The van der Waals surface area contributed by atoms with E-state index >= 15 is 0 Å². The minimum Gasteiger partial charge on any atom is -0.462 e. The number of nitrogens with one attached hydrogen (secondary N) is 2. The molecule has 1 aliphatic rings. The molecule has 162 valence electrons. The lowest BCUT2D eigenvalue weighted by molar-refractivity contribution is 0.0527. The highest BCUT2D eigenvalue weighted by molar-refractivity contribution is 6.01. The van der Waals surface area contributed by atoms with E-state index in [1.54, 1.807) is 19.3 Å². The standard InChI is InChI=1S/C22H24N6O2.ClH/c1-2-30-22(29)18-20(25-17-8-4-3-5-9-17)26-19(16-7-6-10-24-15-16)27-21(18)28-13-11-23-12-14-28;/h3-10,15,23H,2,11-14H2,1H3,(H,25,26,27);1H. The summed E-state index contributed by atoms with van der Waals surface area (Å²) in [5.41, 5.74) is 1.95. The van der Waals surface area contributed by atoms with Gasteiger partial charge in [-0.05, 0) is 31.2 Å². The van der Waals surface area contributed by atoms with Crippen LogP contribution in [-0.2, 0) is 4.74 Å². The van der Waals surface area contributed by atoms with Gasteiger partial charge in [0.15, 0.2) is 11.6 Å². The molecule has 8 nitrogen and oxygen atoms in total. The quantitative estimate of drug-likeness (QED) is 0.564. The van der Waals surface area contributed by atoms with E-state index in [0.717, 1.165) is 37.4 Å². The van der Waals surface area contributed by atoms with Crippen LogP contribution in [-0.4, -0.2) is 53.7 Å². The van der Waals surface area contributed by atoms with Gasteiger partial charge in [-0.1, -0.05) is 18.2 Å². The Kier molecular flexibility index (Phi) is 7.75. The van der Waals surface area contributed by atoms with E-state index in [0.29, 0.717) is 23.0 Å². The summed E-state index contributed by atoms with van der Waals surface area (Å²) in [4.78, 5) is 28.7. The van der Waals surface area contributed by atoms with Gasteiger partial charge in [-0.2, -0.15) is 0 Å². The maximum absolute atomic E-state index is 13.0. The molecule has 0 aliphatic carbocycles. The molecule has 1 fully saturated rings. The first-order valence-corrected chi connectivity index (χ1v) is 10.0. The van der Waals surface area contributed by atoms with E-state index in [-0.39, 0.29) is 19.0 Å². The molecule has 1 aliphatic heterocycles. The van der Waals surface area contributed by atoms with Gasteiger partial charge >= 0.3 is 5.97 Å². The first kappa shape index (κ1) is 22.5. The molecule has 4 rings (SSSR count). The Bertz CT molecular complexity index is 998. The number of carbonyl (C=O) groups is 1. The summed E-state index contributed by atoms with van der Waals surface area (Å²) in [6.45, 7) is 5.17. The van der Waals surface area contributed by atoms with E-state index in [1.165, 1.54) is 0 Å². The average molecular weight is 441 g/mol. The van der Waals surface area contributed by atoms with Crippen molar-refractivity contribution in [3.63, 3.8) is 0 Å². The molecule has 0 saturated carbocycles. The van der Waals surface area contributed by atoms with Crippen molar-refractivity contribution in [1.29, 1.82) is 0 Å². The summed E-state index contributed by atoms with van der Waals surface area (Å²) in [5.74, 6) is 1.05. The Morgan fingerprint density at radius 3 is 2.58 bits per heavy atom. The highest BCUT2D eigenvalue weighted by Crippen LogP contribution is 2.31. The van der Waals surface area contributed by atoms with Gasteiger partial charge < -0.3 is 20.3 Å². The number of hydrogen-bond acceptors (Lipinski definition) is 8. The van der Waals surface area contributed by atoms with Crippen LogP contribution in [0.4, 0.5) is 17.3 Å². The maximum Gasteiger partial charge on any atom is 0.345 e. The predicted molar refractivity (Wildman–Crippen MR) is 123 cm³/mol. The van der Waals surface area contributed by atoms with Crippen LogP contribution in [0, 0.1) is 0 Å². The number of pyridine rings is 1. The molecule has 0 bridgehead atoms. The molecular formula is C22H25ClN6O2. The summed E-state index contributed by atoms with van der Waals surface area (Å²) in [7, 11) is 0. The van der Waals surface area contributed by atoms with Gasteiger partial charge in [0.05, 0.1) is 6.61 Å². The van der Waals surface area contributed by atoms with Crippen molar-refractivity contribution < 1.29 is 9.53 Å². The minimum absolute atomic E-state index is 0. The number of hydrogen-bond donors (Lipinski definition) is 2. The normalized spacial score (nSPS) is 13.3. The molecule has 9 heteroatoms. The Hall–Kier alpha value is -3.23. The summed E-state index contributed by atoms with van der Waals surface area (Å²) in [5, 5.41) is 6.62. The zero-order valence-corrected chi connectivity index (χ0v) is 18.1. The monoisotopic (exact) mass is 440 g/mol. The predicted octanol–water partition coefficient (Wildman–Crippen LogP) is 3.29. The SMILES string of the molecule is CCOC(=O)c1c(Nc2ccccc2)nc(-c2cccnc2)nc1N1CCNCC1.Cl. The molecule has 1 aromatic carbocycles. The van der Waals surface area contributed by atoms with Crippen molar-refractivity contribution in [1.82, 2.24) is 20.3 Å². The van der Waals surface area contributed by atoms with Crippen LogP contribution in [0.3, 0.4) is 0 Å². The Morgan fingerprint density at radius 2 is 1.90 bits per heavy atom. The number of benzene rings is 1. The molecule has 0 amide bonds. The second-order valence-corrected chi connectivity index (χ2v) is 6.78. The van der Waals surface area contributed by atoms with Crippen LogP contribution in [0.1, 0.15) is 17.3 Å². The van der Waals surface area contributed by atoms with Crippen molar-refractivity contribution in [2.45, 2.75) is 6.92 Å². The molecule has 1 saturated heterocycles. The summed E-state index contributed by atoms with van der Waals surface area (Å²) in [6.07, 6.45) is 3.42. The number of aromatic nitrogens is 3. The number of halogens is 1. The number of rotatable bonds is 6. The number of nitrogens with zero attached hydrogens (tertiary/aromatic N) is 4. The van der Waals surface area contributed by atoms with E-state index in [4.69, 9.17) is 14.7 Å². The average Bonchev–Trinajstić information content (AvgIpc) is 2.80. The lowest BCUT2D eigenvalue weighted by Gasteiger charge is -2.30. The van der Waals surface area contributed by atoms with Gasteiger partial charge in [0.1, 0.15) is 11.4 Å². The topological polar surface area (TPSA) is 92.3 Å². The fraction of sp³-hybridized carbons (Fsp3) is 0.273. The first-order chi connectivity index (χ1) is 14.8. The number of carbonyl (C=O) groups excluding carboxylic acids is 1. The number of ether oxygens (including phenoxy) is 1. The molecule has 31 heavy (non-hydrogen) atoms. The van der Waals surface area contributed by atoms with Crippen LogP contribution in [0.5, 0.6) is 0 Å². The van der Waals surface area contributed by atoms with Gasteiger partial charge in [0.25, 0.3) is 0 Å². The second kappa shape index (κ2) is 10.7. The zero-order chi connectivity index (χ0) is 20.8. The molecule has 3 aromatic rings. The van der Waals surface area contributed by atoms with Crippen molar-refractivity contribution in [3.8, 4) is 11.4 Å². The first-order valence-electron chi connectivity index (χ1n) is 10.0. The molecule has 2 N–H and O–H groups in total. The Morgan fingerprint density at radius 1 is 1.13 bits per heavy atom. The van der Waals surface area contributed by atoms with Crippen LogP contribution in [0.25, 0.3) is 11.4 Å². The van der Waals surface area contributed by atoms with Crippen LogP contribution in [0.15, 0.2) is 54.9 Å². The fourth-order valence-corrected chi connectivity index (χ4v) is 3.32. The van der Waals surface area contributed by atoms with Crippen LogP contribution < -0.4 is 15.5 Å². The highest BCUT2D eigenvalue weighted by atomic mass is 35.5. The number of esters is 1. The number of anilines is 3. The van der Waals surface area contributed by atoms with Crippen molar-refractivity contribution in [2.75, 3.05) is 43.0 Å². The lowest BCUT2D eigenvalue weighted by Crippen LogP contribution is -2.44. The van der Waals surface area contributed by atoms with Gasteiger partial charge in [0, 0.05) is 49.8 Å². The lowest BCUT2D eigenvalue weighted by atomic mass is 10.2. The van der Waals surface area contributed by atoms with Gasteiger partial charge in [-0.3, -0.25) is 4.98 Å². The zero-order valence-electron chi connectivity index (χ0n) is 17.2. The third-order valence-corrected chi connectivity index (χ3v) is 4.74. The fourth-order valence-electron chi connectivity index (χ4n) is 3.32. The largest absolute Gasteiger partial charge is 0.462 e. The highest BCUT2D eigenvalue weighted by Gasteiger charge is 2.27. The Balaban J connectivity index is 0.00000272. The molecule has 2 aromatic heterocycles. The molecular weight excluding hydrogens is 416 g/mol. The van der Waals surface area contributed by atoms with E-state index in [2.05, 4.69) is 20.5 Å². The molecule has 0 unspecified atom stereocenters. The third kappa shape index (κ3) is 5.28. The summed E-state index contributed by atoms with van der Waals surface area (Å²) in [6, 6.07) is 13.4. The Labute approximate surface area is 187 Å². The minimum atomic E-state index is -0.442. The third-order valence-electron chi connectivity index (χ3n) is 4.74. The number of para-hydroxylation sites is 1. The van der Waals surface area contributed by atoms with Gasteiger partial charge in [-0.15, -0.1) is 12.4 Å². The number of piperazine rings is 1. The van der Waals surface area contributed by atoms with E-state index in [9.17, 15) is 4.79 Å². The van der Waals surface area contributed by atoms with Crippen molar-refractivity contribution in [3.05, 3.63) is 60.4 Å². The molecule has 0 radical (unpaired) electrons. The summed E-state index contributed by atoms with van der Waals surface area (Å²) >= 11 is 0. The second-order valence-electron chi connectivity index (χ2n) is 6.78.